The van der Waals surface area contributed by atoms with Gasteiger partial charge in [-0.2, -0.15) is 0 Å². The van der Waals surface area contributed by atoms with Crippen molar-refractivity contribution in [2.24, 2.45) is 0 Å². The SMILES string of the molecule is CCNCc1sc(-c2cc(Br)ccc2F)nc1C. The van der Waals surface area contributed by atoms with Gasteiger partial charge in [0.1, 0.15) is 10.8 Å². The monoisotopic (exact) mass is 328 g/mol. The number of aromatic nitrogens is 1. The summed E-state index contributed by atoms with van der Waals surface area (Å²) in [6.45, 7) is 5.72. The molecule has 0 unspecified atom stereocenters. The van der Waals surface area contributed by atoms with E-state index in [1.165, 1.54) is 6.07 Å². The molecular weight excluding hydrogens is 315 g/mol. The van der Waals surface area contributed by atoms with Crippen molar-refractivity contribution in [2.45, 2.75) is 20.4 Å². The molecule has 0 aliphatic carbocycles. The Morgan fingerprint density at radius 1 is 1.44 bits per heavy atom. The summed E-state index contributed by atoms with van der Waals surface area (Å²) in [6, 6.07) is 4.92. The van der Waals surface area contributed by atoms with Crippen LogP contribution < -0.4 is 5.32 Å². The Balaban J connectivity index is 2.36. The van der Waals surface area contributed by atoms with Crippen LogP contribution >= 0.6 is 27.3 Å². The zero-order chi connectivity index (χ0) is 13.1. The fourth-order valence-corrected chi connectivity index (χ4v) is 3.02. The van der Waals surface area contributed by atoms with Crippen molar-refractivity contribution in [3.63, 3.8) is 0 Å². The fraction of sp³-hybridized carbons (Fsp3) is 0.308. The number of benzene rings is 1. The lowest BCUT2D eigenvalue weighted by Crippen LogP contribution is -2.11. The van der Waals surface area contributed by atoms with Crippen LogP contribution in [-0.2, 0) is 6.54 Å². The number of rotatable bonds is 4. The van der Waals surface area contributed by atoms with Crippen molar-refractivity contribution >= 4 is 27.3 Å². The number of nitrogens with zero attached hydrogens (tertiary/aromatic N) is 1. The molecule has 0 spiro atoms. The molecule has 96 valence electrons. The number of aryl methyl sites for hydroxylation is 1. The minimum absolute atomic E-state index is 0.234. The largest absolute Gasteiger partial charge is 0.312 e. The smallest absolute Gasteiger partial charge is 0.133 e. The zero-order valence-electron chi connectivity index (χ0n) is 10.3. The highest BCUT2D eigenvalue weighted by atomic mass is 79.9. The normalized spacial score (nSPS) is 10.9. The van der Waals surface area contributed by atoms with Crippen LogP contribution in [0.2, 0.25) is 0 Å². The topological polar surface area (TPSA) is 24.9 Å². The third-order valence-corrected chi connectivity index (χ3v) is 4.27. The molecule has 0 amide bonds. The summed E-state index contributed by atoms with van der Waals surface area (Å²) in [5, 5.41) is 4.00. The highest BCUT2D eigenvalue weighted by Gasteiger charge is 2.13. The Bertz CT molecular complexity index is 554. The van der Waals surface area contributed by atoms with E-state index in [4.69, 9.17) is 0 Å². The predicted octanol–water partition coefficient (Wildman–Crippen LogP) is 4.13. The Morgan fingerprint density at radius 3 is 2.94 bits per heavy atom. The molecule has 0 fully saturated rings. The van der Waals surface area contributed by atoms with Gasteiger partial charge in [0.05, 0.1) is 5.69 Å². The van der Waals surface area contributed by atoms with Crippen molar-refractivity contribution in [3.8, 4) is 10.6 Å². The second-order valence-electron chi connectivity index (χ2n) is 3.93. The van der Waals surface area contributed by atoms with E-state index in [9.17, 15) is 4.39 Å². The third-order valence-electron chi connectivity index (χ3n) is 2.59. The van der Waals surface area contributed by atoms with Gasteiger partial charge >= 0.3 is 0 Å². The summed E-state index contributed by atoms with van der Waals surface area (Å²) >= 11 is 4.90. The molecule has 1 aromatic heterocycles. The number of thiazole rings is 1. The maximum Gasteiger partial charge on any atom is 0.133 e. The van der Waals surface area contributed by atoms with Crippen molar-refractivity contribution in [1.29, 1.82) is 0 Å². The molecule has 1 heterocycles. The van der Waals surface area contributed by atoms with Crippen molar-refractivity contribution < 1.29 is 4.39 Å². The maximum absolute atomic E-state index is 13.8. The zero-order valence-corrected chi connectivity index (χ0v) is 12.7. The maximum atomic E-state index is 13.8. The van der Waals surface area contributed by atoms with Crippen LogP contribution in [0.15, 0.2) is 22.7 Å². The van der Waals surface area contributed by atoms with Gasteiger partial charge in [0.2, 0.25) is 0 Å². The third kappa shape index (κ3) is 2.96. The average molecular weight is 329 g/mol. The lowest BCUT2D eigenvalue weighted by Gasteiger charge is -1.99. The van der Waals surface area contributed by atoms with Crippen molar-refractivity contribution in [2.75, 3.05) is 6.54 Å². The molecule has 1 N–H and O–H groups in total. The summed E-state index contributed by atoms with van der Waals surface area (Å²) in [4.78, 5) is 5.61. The van der Waals surface area contributed by atoms with Crippen molar-refractivity contribution in [3.05, 3.63) is 39.1 Å². The number of hydrogen-bond acceptors (Lipinski definition) is 3. The van der Waals surface area contributed by atoms with E-state index in [2.05, 4.69) is 33.2 Å². The minimum Gasteiger partial charge on any atom is -0.312 e. The molecule has 0 aliphatic rings. The van der Waals surface area contributed by atoms with E-state index >= 15 is 0 Å². The predicted molar refractivity (Wildman–Crippen MR) is 77.3 cm³/mol. The Morgan fingerprint density at radius 2 is 2.22 bits per heavy atom. The molecule has 1 aromatic carbocycles. The van der Waals surface area contributed by atoms with Gasteiger partial charge in [0, 0.05) is 21.5 Å². The van der Waals surface area contributed by atoms with Gasteiger partial charge in [-0.25, -0.2) is 9.37 Å². The molecule has 0 saturated carbocycles. The molecule has 5 heteroatoms. The quantitative estimate of drug-likeness (QED) is 0.912. The molecule has 0 radical (unpaired) electrons. The van der Waals surface area contributed by atoms with Gasteiger partial charge < -0.3 is 5.32 Å². The second kappa shape index (κ2) is 5.91. The standard InChI is InChI=1S/C13H14BrFN2S/c1-3-16-7-12-8(2)17-13(18-12)10-6-9(14)4-5-11(10)15/h4-6,16H,3,7H2,1-2H3. The molecule has 2 nitrogen and oxygen atoms in total. The van der Waals surface area contributed by atoms with Crippen LogP contribution in [0.1, 0.15) is 17.5 Å². The molecule has 18 heavy (non-hydrogen) atoms. The molecule has 2 rings (SSSR count). The van der Waals surface area contributed by atoms with Gasteiger partial charge in [-0.3, -0.25) is 0 Å². The summed E-state index contributed by atoms with van der Waals surface area (Å²) < 4.78 is 14.6. The molecular formula is C13H14BrFN2S. The minimum atomic E-state index is -0.234. The van der Waals surface area contributed by atoms with E-state index in [0.29, 0.717) is 5.56 Å². The highest BCUT2D eigenvalue weighted by molar-refractivity contribution is 9.10. The molecule has 0 atom stereocenters. The van der Waals surface area contributed by atoms with Crippen LogP contribution in [0.3, 0.4) is 0 Å². The van der Waals surface area contributed by atoms with Gasteiger partial charge in [0.25, 0.3) is 0 Å². The van der Waals surface area contributed by atoms with Crippen LogP contribution in [0.25, 0.3) is 10.6 Å². The lowest BCUT2D eigenvalue weighted by molar-refractivity contribution is 0.631. The Kier molecular flexibility index (Phi) is 4.48. The van der Waals surface area contributed by atoms with E-state index in [-0.39, 0.29) is 5.82 Å². The molecule has 0 aliphatic heterocycles. The first kappa shape index (κ1) is 13.6. The van der Waals surface area contributed by atoms with Crippen molar-refractivity contribution in [1.82, 2.24) is 10.3 Å². The average Bonchev–Trinajstić information content (AvgIpc) is 2.71. The first-order valence-corrected chi connectivity index (χ1v) is 7.35. The van der Waals surface area contributed by atoms with Gasteiger partial charge in [0.15, 0.2) is 0 Å². The van der Waals surface area contributed by atoms with Gasteiger partial charge in [-0.15, -0.1) is 11.3 Å². The summed E-state index contributed by atoms with van der Waals surface area (Å²) in [7, 11) is 0. The van der Waals surface area contributed by atoms with Crippen LogP contribution in [0, 0.1) is 12.7 Å². The first-order chi connectivity index (χ1) is 8.61. The van der Waals surface area contributed by atoms with Crippen LogP contribution in [-0.4, -0.2) is 11.5 Å². The number of nitrogens with one attached hydrogen (secondary N) is 1. The number of halogens is 2. The number of hydrogen-bond donors (Lipinski definition) is 1. The highest BCUT2D eigenvalue weighted by Crippen LogP contribution is 2.31. The van der Waals surface area contributed by atoms with Crippen LogP contribution in [0.5, 0.6) is 0 Å². The second-order valence-corrected chi connectivity index (χ2v) is 5.93. The summed E-state index contributed by atoms with van der Waals surface area (Å²) in [6.07, 6.45) is 0. The summed E-state index contributed by atoms with van der Waals surface area (Å²) in [5.74, 6) is -0.234. The molecule has 2 aromatic rings. The van der Waals surface area contributed by atoms with Gasteiger partial charge in [-0.1, -0.05) is 22.9 Å². The van der Waals surface area contributed by atoms with E-state index < -0.39 is 0 Å². The van der Waals surface area contributed by atoms with E-state index in [0.717, 1.165) is 33.1 Å². The van der Waals surface area contributed by atoms with Gasteiger partial charge in [-0.05, 0) is 31.7 Å². The summed E-state index contributed by atoms with van der Waals surface area (Å²) in [5.41, 5.74) is 1.52. The first-order valence-electron chi connectivity index (χ1n) is 5.74. The molecule has 0 bridgehead atoms. The van der Waals surface area contributed by atoms with E-state index in [1.54, 1.807) is 23.5 Å². The Labute approximate surface area is 118 Å². The fourth-order valence-electron chi connectivity index (χ4n) is 1.61. The van der Waals surface area contributed by atoms with Crippen LogP contribution in [0.4, 0.5) is 4.39 Å². The molecule has 0 saturated heterocycles. The lowest BCUT2D eigenvalue weighted by atomic mass is 10.2. The Hall–Kier alpha value is -0.780. The van der Waals surface area contributed by atoms with E-state index in [1.807, 2.05) is 6.92 Å².